The predicted molar refractivity (Wildman–Crippen MR) is 126 cm³/mol. The van der Waals surface area contributed by atoms with Gasteiger partial charge in [-0.15, -0.1) is 10.2 Å². The maximum absolute atomic E-state index is 14.3. The van der Waals surface area contributed by atoms with Gasteiger partial charge in [0, 0.05) is 32.2 Å². The average molecular weight is 468 g/mol. The van der Waals surface area contributed by atoms with Gasteiger partial charge in [-0.05, 0) is 37.1 Å². The van der Waals surface area contributed by atoms with Crippen molar-refractivity contribution in [2.45, 2.75) is 24.0 Å². The van der Waals surface area contributed by atoms with Gasteiger partial charge in [0.25, 0.3) is 0 Å². The van der Waals surface area contributed by atoms with Crippen LogP contribution in [-0.4, -0.2) is 64.6 Å². The number of carbonyl (C=O) groups is 1. The Morgan fingerprint density at radius 3 is 2.52 bits per heavy atom. The molecule has 172 valence electrons. The zero-order chi connectivity index (χ0) is 22.8. The van der Waals surface area contributed by atoms with Crippen LogP contribution in [0.1, 0.15) is 18.9 Å². The molecule has 1 aliphatic carbocycles. The number of benzene rings is 2. The van der Waals surface area contributed by atoms with Crippen LogP contribution in [-0.2, 0) is 4.79 Å². The normalized spacial score (nSPS) is 16.2. The van der Waals surface area contributed by atoms with Gasteiger partial charge in [0.05, 0.1) is 24.1 Å². The molecule has 1 saturated carbocycles. The topological polar surface area (TPSA) is 63.5 Å². The molecule has 0 spiro atoms. The second-order valence-corrected chi connectivity index (χ2v) is 9.16. The minimum Gasteiger partial charge on any atom is -0.495 e. The number of nitrogens with zero attached hydrogens (tertiary/aromatic N) is 5. The fourth-order valence-corrected chi connectivity index (χ4v) is 5.08. The lowest BCUT2D eigenvalue weighted by atomic mass is 10.2. The Hall–Kier alpha value is -3.07. The lowest BCUT2D eigenvalue weighted by Crippen LogP contribution is -2.49. The molecule has 3 aromatic rings. The summed E-state index contributed by atoms with van der Waals surface area (Å²) < 4.78 is 21.8. The number of amides is 1. The van der Waals surface area contributed by atoms with Gasteiger partial charge in [-0.1, -0.05) is 36.0 Å². The van der Waals surface area contributed by atoms with Gasteiger partial charge in [0.1, 0.15) is 11.6 Å². The number of anilines is 1. The highest BCUT2D eigenvalue weighted by Gasteiger charge is 2.31. The van der Waals surface area contributed by atoms with Crippen molar-refractivity contribution < 1.29 is 13.9 Å². The smallest absolute Gasteiger partial charge is 0.233 e. The van der Waals surface area contributed by atoms with E-state index >= 15 is 0 Å². The summed E-state index contributed by atoms with van der Waals surface area (Å²) in [6.07, 6.45) is 2.04. The number of piperazine rings is 1. The van der Waals surface area contributed by atoms with Crippen molar-refractivity contribution in [2.75, 3.05) is 43.9 Å². The van der Waals surface area contributed by atoms with Crippen molar-refractivity contribution in [1.29, 1.82) is 0 Å². The molecule has 0 N–H and O–H groups in total. The molecule has 1 amide bonds. The summed E-state index contributed by atoms with van der Waals surface area (Å²) in [6.45, 7) is 2.83. The van der Waals surface area contributed by atoms with Crippen molar-refractivity contribution >= 4 is 23.4 Å². The Morgan fingerprint density at radius 2 is 1.79 bits per heavy atom. The number of carbonyl (C=O) groups excluding carboxylic acids is 1. The maximum atomic E-state index is 14.3. The SMILES string of the molecule is COc1ccccc1N1CCN(C(=O)CSc2nnc(-c3ccccc3F)n2C2CC2)CC1. The molecule has 5 rings (SSSR count). The Bertz CT molecular complexity index is 1140. The molecule has 0 unspecified atom stereocenters. The predicted octanol–water partition coefficient (Wildman–Crippen LogP) is 3.87. The number of methoxy groups -OCH3 is 1. The van der Waals surface area contributed by atoms with Crippen LogP contribution in [0.3, 0.4) is 0 Å². The highest BCUT2D eigenvalue weighted by atomic mass is 32.2. The van der Waals surface area contributed by atoms with Crippen molar-refractivity contribution in [3.8, 4) is 17.1 Å². The van der Waals surface area contributed by atoms with Crippen LogP contribution in [0.15, 0.2) is 53.7 Å². The summed E-state index contributed by atoms with van der Waals surface area (Å²) in [7, 11) is 1.67. The molecule has 0 radical (unpaired) electrons. The highest BCUT2D eigenvalue weighted by molar-refractivity contribution is 7.99. The molecule has 2 aliphatic rings. The van der Waals surface area contributed by atoms with Crippen LogP contribution in [0.25, 0.3) is 11.4 Å². The molecule has 2 heterocycles. The van der Waals surface area contributed by atoms with Gasteiger partial charge in [0.2, 0.25) is 5.91 Å². The summed E-state index contributed by atoms with van der Waals surface area (Å²) >= 11 is 1.38. The Balaban J connectivity index is 1.22. The summed E-state index contributed by atoms with van der Waals surface area (Å²) in [5.41, 5.74) is 1.50. The van der Waals surface area contributed by atoms with Crippen LogP contribution in [0.4, 0.5) is 10.1 Å². The van der Waals surface area contributed by atoms with Crippen molar-refractivity contribution in [2.24, 2.45) is 0 Å². The molecule has 1 saturated heterocycles. The van der Waals surface area contributed by atoms with Crippen LogP contribution in [0.5, 0.6) is 5.75 Å². The third-order valence-corrected chi connectivity index (χ3v) is 7.00. The first-order chi connectivity index (χ1) is 16.2. The van der Waals surface area contributed by atoms with Crippen molar-refractivity contribution in [1.82, 2.24) is 19.7 Å². The van der Waals surface area contributed by atoms with E-state index in [1.165, 1.54) is 17.8 Å². The van der Waals surface area contributed by atoms with E-state index in [-0.39, 0.29) is 23.5 Å². The van der Waals surface area contributed by atoms with Crippen molar-refractivity contribution in [3.05, 3.63) is 54.3 Å². The minimum atomic E-state index is -0.313. The zero-order valence-electron chi connectivity index (χ0n) is 18.5. The first-order valence-corrected chi connectivity index (χ1v) is 12.1. The van der Waals surface area contributed by atoms with E-state index in [1.54, 1.807) is 25.3 Å². The van der Waals surface area contributed by atoms with Crippen LogP contribution >= 0.6 is 11.8 Å². The largest absolute Gasteiger partial charge is 0.495 e. The zero-order valence-corrected chi connectivity index (χ0v) is 19.3. The second-order valence-electron chi connectivity index (χ2n) is 8.22. The molecule has 1 aromatic heterocycles. The molecule has 7 nitrogen and oxygen atoms in total. The number of ether oxygens (including phenoxy) is 1. The molecular weight excluding hydrogens is 441 g/mol. The van der Waals surface area contributed by atoms with Crippen LogP contribution in [0, 0.1) is 5.82 Å². The summed E-state index contributed by atoms with van der Waals surface area (Å²) in [6, 6.07) is 14.8. The lowest BCUT2D eigenvalue weighted by molar-refractivity contribution is -0.128. The number of rotatable bonds is 7. The summed E-state index contributed by atoms with van der Waals surface area (Å²) in [4.78, 5) is 17.1. The van der Waals surface area contributed by atoms with Gasteiger partial charge in [-0.25, -0.2) is 4.39 Å². The average Bonchev–Trinajstić information content (AvgIpc) is 3.62. The first kappa shape index (κ1) is 21.8. The van der Waals surface area contributed by atoms with E-state index in [2.05, 4.69) is 15.1 Å². The Labute approximate surface area is 196 Å². The molecular formula is C24H26FN5O2S. The standard InChI is InChI=1S/C24H26FN5O2S/c1-32-21-9-5-4-8-20(21)28-12-14-29(15-13-28)22(31)16-33-24-27-26-23(30(24)17-10-11-17)18-6-2-3-7-19(18)25/h2-9,17H,10-16H2,1H3. The summed E-state index contributed by atoms with van der Waals surface area (Å²) in [5.74, 6) is 1.44. The van der Waals surface area contributed by atoms with Gasteiger partial charge in [-0.3, -0.25) is 9.36 Å². The van der Waals surface area contributed by atoms with Gasteiger partial charge in [0.15, 0.2) is 11.0 Å². The number of hydrogen-bond acceptors (Lipinski definition) is 6. The number of thioether (sulfide) groups is 1. The highest BCUT2D eigenvalue weighted by Crippen LogP contribution is 2.41. The van der Waals surface area contributed by atoms with Gasteiger partial charge in [-0.2, -0.15) is 0 Å². The van der Waals surface area contributed by atoms with Gasteiger partial charge < -0.3 is 14.5 Å². The minimum absolute atomic E-state index is 0.0810. The van der Waals surface area contributed by atoms with Crippen molar-refractivity contribution in [3.63, 3.8) is 0 Å². The van der Waals surface area contributed by atoms with Crippen LogP contribution in [0.2, 0.25) is 0 Å². The third kappa shape index (κ3) is 4.55. The lowest BCUT2D eigenvalue weighted by Gasteiger charge is -2.36. The third-order valence-electron chi connectivity index (χ3n) is 6.07. The molecule has 0 atom stereocenters. The number of aromatic nitrogens is 3. The molecule has 0 bridgehead atoms. The Morgan fingerprint density at radius 1 is 1.06 bits per heavy atom. The fraction of sp³-hybridized carbons (Fsp3) is 0.375. The first-order valence-electron chi connectivity index (χ1n) is 11.1. The number of halogens is 1. The molecule has 2 fully saturated rings. The number of hydrogen-bond donors (Lipinski definition) is 0. The van der Waals surface area contributed by atoms with E-state index in [1.807, 2.05) is 33.7 Å². The fourth-order valence-electron chi connectivity index (χ4n) is 4.17. The quantitative estimate of drug-likeness (QED) is 0.492. The van der Waals surface area contributed by atoms with E-state index < -0.39 is 0 Å². The van der Waals surface area contributed by atoms with E-state index in [9.17, 15) is 9.18 Å². The van der Waals surface area contributed by atoms with E-state index in [0.717, 1.165) is 37.4 Å². The van der Waals surface area contributed by atoms with E-state index in [4.69, 9.17) is 4.74 Å². The molecule has 2 aromatic carbocycles. The monoisotopic (exact) mass is 467 g/mol. The summed E-state index contributed by atoms with van der Waals surface area (Å²) in [5, 5.41) is 9.24. The molecule has 9 heteroatoms. The Kier molecular flexibility index (Phi) is 6.22. The second kappa shape index (κ2) is 9.43. The van der Waals surface area contributed by atoms with E-state index in [0.29, 0.717) is 29.6 Å². The number of para-hydroxylation sites is 2. The molecule has 1 aliphatic heterocycles. The van der Waals surface area contributed by atoms with Crippen LogP contribution < -0.4 is 9.64 Å². The maximum Gasteiger partial charge on any atom is 0.233 e. The van der Waals surface area contributed by atoms with Gasteiger partial charge >= 0.3 is 0 Å². The molecule has 33 heavy (non-hydrogen) atoms.